The fourth-order valence-corrected chi connectivity index (χ4v) is 1.53. The number of hydrogen-bond donors (Lipinski definition) is 0. The van der Waals surface area contributed by atoms with Gasteiger partial charge in [0.2, 0.25) is 0 Å². The van der Waals surface area contributed by atoms with Crippen LogP contribution in [0.4, 0.5) is 0 Å². The maximum absolute atomic E-state index is 11.5. The van der Waals surface area contributed by atoms with Gasteiger partial charge in [-0.25, -0.2) is 0 Å². The lowest BCUT2D eigenvalue weighted by Gasteiger charge is -2.08. The van der Waals surface area contributed by atoms with E-state index in [1.165, 1.54) is 12.8 Å². The Bertz CT molecular complexity index is 223. The van der Waals surface area contributed by atoms with Crippen LogP contribution in [0, 0.1) is 0 Å². The molecule has 0 N–H and O–H groups in total. The first-order chi connectivity index (χ1) is 6.34. The summed E-state index contributed by atoms with van der Waals surface area (Å²) in [5.74, 6) is 0.230. The second-order valence-electron chi connectivity index (χ2n) is 3.53. The summed E-state index contributed by atoms with van der Waals surface area (Å²) in [5, 5.41) is 0. The van der Waals surface area contributed by atoms with Crippen molar-refractivity contribution < 1.29 is 4.79 Å². The summed E-state index contributed by atoms with van der Waals surface area (Å²) in [7, 11) is 0. The molecule has 1 rings (SSSR count). The van der Waals surface area contributed by atoms with Gasteiger partial charge in [-0.2, -0.15) is 0 Å². The Labute approximate surface area is 80.5 Å². The minimum absolute atomic E-state index is 0.230. The van der Waals surface area contributed by atoms with Gasteiger partial charge in [-0.15, -0.1) is 0 Å². The number of unbranched alkanes of at least 4 members (excludes halogenated alkanes) is 1. The minimum atomic E-state index is 0.230. The van der Waals surface area contributed by atoms with Crippen molar-refractivity contribution in [3.05, 3.63) is 23.8 Å². The molecular formula is C12H18O. The summed E-state index contributed by atoms with van der Waals surface area (Å²) in [4.78, 5) is 11.5. The molecule has 0 aromatic heterocycles. The van der Waals surface area contributed by atoms with Crippen LogP contribution < -0.4 is 0 Å². The van der Waals surface area contributed by atoms with Gasteiger partial charge in [0.25, 0.3) is 0 Å². The highest BCUT2D eigenvalue weighted by atomic mass is 16.1. The first-order valence-electron chi connectivity index (χ1n) is 5.24. The van der Waals surface area contributed by atoms with Crippen molar-refractivity contribution in [1.29, 1.82) is 0 Å². The maximum atomic E-state index is 11.5. The van der Waals surface area contributed by atoms with Crippen LogP contribution in [0.15, 0.2) is 23.8 Å². The molecule has 0 aromatic rings. The van der Waals surface area contributed by atoms with Gasteiger partial charge in [0.15, 0.2) is 5.78 Å². The van der Waals surface area contributed by atoms with E-state index in [1.54, 1.807) is 6.08 Å². The highest BCUT2D eigenvalue weighted by Crippen LogP contribution is 2.18. The number of rotatable bonds is 4. The van der Waals surface area contributed by atoms with Gasteiger partial charge in [-0.3, -0.25) is 4.79 Å². The SMILES string of the molecule is CCC/C=C\C(=O)C1=CCCCC1. The largest absolute Gasteiger partial charge is 0.290 e. The van der Waals surface area contributed by atoms with Crippen LogP contribution in [0.2, 0.25) is 0 Å². The van der Waals surface area contributed by atoms with Gasteiger partial charge in [0.1, 0.15) is 0 Å². The maximum Gasteiger partial charge on any atom is 0.181 e. The van der Waals surface area contributed by atoms with Gasteiger partial charge in [0.05, 0.1) is 0 Å². The molecule has 0 atom stereocenters. The molecule has 1 nitrogen and oxygen atoms in total. The average Bonchev–Trinajstić information content (AvgIpc) is 2.19. The van der Waals surface area contributed by atoms with Crippen molar-refractivity contribution in [2.45, 2.75) is 45.4 Å². The normalized spacial score (nSPS) is 17.5. The van der Waals surface area contributed by atoms with Crippen molar-refractivity contribution in [3.63, 3.8) is 0 Å². The van der Waals surface area contributed by atoms with Crippen LogP contribution in [-0.4, -0.2) is 5.78 Å². The Hall–Kier alpha value is -0.850. The number of carbonyl (C=O) groups excluding carboxylic acids is 1. The Morgan fingerprint density at radius 1 is 1.54 bits per heavy atom. The molecule has 0 heterocycles. The lowest BCUT2D eigenvalue weighted by molar-refractivity contribution is -0.111. The summed E-state index contributed by atoms with van der Waals surface area (Å²) in [5.41, 5.74) is 1.03. The average molecular weight is 178 g/mol. The molecule has 0 radical (unpaired) electrons. The zero-order valence-electron chi connectivity index (χ0n) is 8.38. The van der Waals surface area contributed by atoms with Gasteiger partial charge in [-0.05, 0) is 43.8 Å². The fourth-order valence-electron chi connectivity index (χ4n) is 1.53. The van der Waals surface area contributed by atoms with E-state index in [9.17, 15) is 4.79 Å². The summed E-state index contributed by atoms with van der Waals surface area (Å²) < 4.78 is 0. The predicted octanol–water partition coefficient (Wildman–Crippen LogP) is 3.41. The van der Waals surface area contributed by atoms with E-state index in [4.69, 9.17) is 0 Å². The van der Waals surface area contributed by atoms with Crippen LogP contribution in [0.1, 0.15) is 45.4 Å². The third-order valence-electron chi connectivity index (χ3n) is 2.33. The lowest BCUT2D eigenvalue weighted by atomic mass is 9.96. The molecule has 0 aromatic carbocycles. The standard InChI is InChI=1S/C12H18O/c1-2-3-5-10-12(13)11-8-6-4-7-9-11/h5,8,10H,2-4,6-7,9H2,1H3/b10-5-. The van der Waals surface area contributed by atoms with Crippen molar-refractivity contribution >= 4 is 5.78 Å². The molecule has 72 valence electrons. The van der Waals surface area contributed by atoms with Crippen molar-refractivity contribution in [3.8, 4) is 0 Å². The molecule has 0 amide bonds. The van der Waals surface area contributed by atoms with Crippen LogP contribution in [0.25, 0.3) is 0 Å². The molecular weight excluding hydrogens is 160 g/mol. The van der Waals surface area contributed by atoms with Crippen LogP contribution in [0.3, 0.4) is 0 Å². The Balaban J connectivity index is 2.42. The second kappa shape index (κ2) is 5.74. The summed E-state index contributed by atoms with van der Waals surface area (Å²) >= 11 is 0. The molecule has 0 unspecified atom stereocenters. The third-order valence-corrected chi connectivity index (χ3v) is 2.33. The van der Waals surface area contributed by atoms with E-state index >= 15 is 0 Å². The first kappa shape index (κ1) is 10.2. The summed E-state index contributed by atoms with van der Waals surface area (Å²) in [6.45, 7) is 2.12. The van der Waals surface area contributed by atoms with Gasteiger partial charge in [0, 0.05) is 0 Å². The van der Waals surface area contributed by atoms with Crippen molar-refractivity contribution in [1.82, 2.24) is 0 Å². The van der Waals surface area contributed by atoms with Gasteiger partial charge in [-0.1, -0.05) is 25.5 Å². The molecule has 0 bridgehead atoms. The van der Waals surface area contributed by atoms with Crippen LogP contribution in [-0.2, 0) is 4.79 Å². The predicted molar refractivity (Wildman–Crippen MR) is 55.6 cm³/mol. The molecule has 1 aliphatic carbocycles. The van der Waals surface area contributed by atoms with Gasteiger partial charge >= 0.3 is 0 Å². The third kappa shape index (κ3) is 3.58. The quantitative estimate of drug-likeness (QED) is 0.603. The second-order valence-corrected chi connectivity index (χ2v) is 3.53. The molecule has 1 heteroatoms. The zero-order chi connectivity index (χ0) is 9.52. The molecule has 1 aliphatic rings. The number of hydrogen-bond acceptors (Lipinski definition) is 1. The summed E-state index contributed by atoms with van der Waals surface area (Å²) in [6.07, 6.45) is 12.4. The molecule has 0 spiro atoms. The Morgan fingerprint density at radius 3 is 3.00 bits per heavy atom. The number of allylic oxidation sites excluding steroid dienone is 4. The van der Waals surface area contributed by atoms with Crippen molar-refractivity contribution in [2.75, 3.05) is 0 Å². The topological polar surface area (TPSA) is 17.1 Å². The van der Waals surface area contributed by atoms with E-state index in [0.29, 0.717) is 0 Å². The smallest absolute Gasteiger partial charge is 0.181 e. The van der Waals surface area contributed by atoms with Gasteiger partial charge < -0.3 is 0 Å². The van der Waals surface area contributed by atoms with E-state index in [0.717, 1.165) is 31.3 Å². The molecule has 0 aliphatic heterocycles. The minimum Gasteiger partial charge on any atom is -0.290 e. The zero-order valence-corrected chi connectivity index (χ0v) is 8.38. The lowest BCUT2D eigenvalue weighted by Crippen LogP contribution is -2.02. The van der Waals surface area contributed by atoms with E-state index in [2.05, 4.69) is 13.0 Å². The number of carbonyl (C=O) groups is 1. The van der Waals surface area contributed by atoms with Crippen LogP contribution >= 0.6 is 0 Å². The van der Waals surface area contributed by atoms with E-state index in [-0.39, 0.29) is 5.78 Å². The number of ketones is 1. The Kier molecular flexibility index (Phi) is 4.52. The Morgan fingerprint density at radius 2 is 2.38 bits per heavy atom. The van der Waals surface area contributed by atoms with E-state index in [1.807, 2.05) is 6.08 Å². The molecule has 0 fully saturated rings. The molecule has 0 saturated heterocycles. The van der Waals surface area contributed by atoms with Crippen molar-refractivity contribution in [2.24, 2.45) is 0 Å². The highest BCUT2D eigenvalue weighted by molar-refractivity contribution is 6.03. The van der Waals surface area contributed by atoms with Crippen LogP contribution in [0.5, 0.6) is 0 Å². The fraction of sp³-hybridized carbons (Fsp3) is 0.583. The monoisotopic (exact) mass is 178 g/mol. The summed E-state index contributed by atoms with van der Waals surface area (Å²) in [6, 6.07) is 0. The molecule has 0 saturated carbocycles. The molecule has 13 heavy (non-hydrogen) atoms. The first-order valence-corrected chi connectivity index (χ1v) is 5.24. The van der Waals surface area contributed by atoms with E-state index < -0.39 is 0 Å². The highest BCUT2D eigenvalue weighted by Gasteiger charge is 2.08.